The largest absolute Gasteiger partial charge is 0.597 e. The first-order valence-electron chi connectivity index (χ1n) is 7.58. The van der Waals surface area contributed by atoms with E-state index < -0.39 is 11.4 Å². The first-order valence-corrected chi connectivity index (χ1v) is 8.68. The van der Waals surface area contributed by atoms with Crippen molar-refractivity contribution >= 4 is 17.2 Å². The molecule has 0 N–H and O–H groups in total. The lowest BCUT2D eigenvalue weighted by Gasteiger charge is -2.33. The highest BCUT2D eigenvalue weighted by molar-refractivity contribution is 7.90. The SMILES string of the molecule is CCN(CC)c1ccc(C(C)N(C)[S+]([O-])C(C)(C)C)cn1. The molecule has 0 aliphatic heterocycles. The van der Waals surface area contributed by atoms with Crippen LogP contribution in [0.3, 0.4) is 0 Å². The van der Waals surface area contributed by atoms with Gasteiger partial charge < -0.3 is 9.45 Å². The summed E-state index contributed by atoms with van der Waals surface area (Å²) in [6.07, 6.45) is 1.90. The quantitative estimate of drug-likeness (QED) is 0.755. The molecule has 5 heteroatoms. The van der Waals surface area contributed by atoms with E-state index in [-0.39, 0.29) is 10.8 Å². The van der Waals surface area contributed by atoms with Crippen LogP contribution in [0.5, 0.6) is 0 Å². The smallest absolute Gasteiger partial charge is 0.137 e. The van der Waals surface area contributed by atoms with Gasteiger partial charge >= 0.3 is 0 Å². The van der Waals surface area contributed by atoms with Crippen molar-refractivity contribution in [2.24, 2.45) is 0 Å². The average molecular weight is 311 g/mol. The van der Waals surface area contributed by atoms with Crippen LogP contribution < -0.4 is 4.90 Å². The summed E-state index contributed by atoms with van der Waals surface area (Å²) in [7, 11) is 1.91. The summed E-state index contributed by atoms with van der Waals surface area (Å²) in [6, 6.07) is 4.21. The Bertz CT molecular complexity index is 426. The van der Waals surface area contributed by atoms with Crippen molar-refractivity contribution in [3.8, 4) is 0 Å². The Kier molecular flexibility index (Phi) is 6.50. The fourth-order valence-electron chi connectivity index (χ4n) is 2.16. The second-order valence-corrected chi connectivity index (χ2v) is 8.50. The van der Waals surface area contributed by atoms with Gasteiger partial charge in [-0.1, -0.05) is 6.07 Å². The average Bonchev–Trinajstić information content (AvgIpc) is 2.46. The molecule has 0 aromatic carbocycles. The predicted molar refractivity (Wildman–Crippen MR) is 91.9 cm³/mol. The number of aromatic nitrogens is 1. The van der Waals surface area contributed by atoms with Crippen molar-refractivity contribution in [3.63, 3.8) is 0 Å². The second-order valence-electron chi connectivity index (χ2n) is 6.21. The molecule has 0 amide bonds. The van der Waals surface area contributed by atoms with E-state index in [0.29, 0.717) is 0 Å². The van der Waals surface area contributed by atoms with Crippen LogP contribution in [0, 0.1) is 0 Å². The van der Waals surface area contributed by atoms with Gasteiger partial charge in [0.1, 0.15) is 10.6 Å². The third-order valence-corrected chi connectivity index (χ3v) is 5.56. The lowest BCUT2D eigenvalue weighted by atomic mass is 10.1. The monoisotopic (exact) mass is 311 g/mol. The van der Waals surface area contributed by atoms with Crippen molar-refractivity contribution in [2.75, 3.05) is 25.0 Å². The lowest BCUT2D eigenvalue weighted by Crippen LogP contribution is -2.41. The van der Waals surface area contributed by atoms with Crippen molar-refractivity contribution < 1.29 is 4.55 Å². The summed E-state index contributed by atoms with van der Waals surface area (Å²) in [5.74, 6) is 0.996. The van der Waals surface area contributed by atoms with E-state index >= 15 is 0 Å². The van der Waals surface area contributed by atoms with Crippen LogP contribution in [-0.4, -0.2) is 38.7 Å². The third kappa shape index (κ3) is 4.59. The molecule has 4 nitrogen and oxygen atoms in total. The van der Waals surface area contributed by atoms with Gasteiger partial charge in [-0.25, -0.2) is 4.98 Å². The Morgan fingerprint density at radius 3 is 2.19 bits per heavy atom. The zero-order chi connectivity index (χ0) is 16.2. The zero-order valence-electron chi connectivity index (χ0n) is 14.4. The van der Waals surface area contributed by atoms with Crippen LogP contribution in [0.4, 0.5) is 5.82 Å². The number of hydrogen-bond acceptors (Lipinski definition) is 4. The number of pyridine rings is 1. The molecule has 0 saturated heterocycles. The molecular formula is C16H29N3OS. The van der Waals surface area contributed by atoms with E-state index in [1.54, 1.807) is 0 Å². The minimum absolute atomic E-state index is 0.0725. The van der Waals surface area contributed by atoms with E-state index in [2.05, 4.69) is 36.7 Å². The molecule has 2 unspecified atom stereocenters. The van der Waals surface area contributed by atoms with Gasteiger partial charge in [0.05, 0.1) is 6.04 Å². The van der Waals surface area contributed by atoms with Gasteiger partial charge in [-0.3, -0.25) is 0 Å². The summed E-state index contributed by atoms with van der Waals surface area (Å²) >= 11 is -1.03. The molecule has 0 aliphatic carbocycles. The minimum Gasteiger partial charge on any atom is -0.597 e. The number of hydrogen-bond donors (Lipinski definition) is 0. The normalized spacial score (nSPS) is 15.1. The maximum absolute atomic E-state index is 12.5. The van der Waals surface area contributed by atoms with E-state index in [1.165, 1.54) is 0 Å². The maximum Gasteiger partial charge on any atom is 0.137 e. The molecule has 1 rings (SSSR count). The van der Waals surface area contributed by atoms with Gasteiger partial charge in [-0.05, 0) is 53.2 Å². The number of rotatable bonds is 6. The molecule has 0 saturated carbocycles. The maximum atomic E-state index is 12.5. The Hall–Kier alpha value is -0.780. The molecule has 1 aromatic rings. The molecule has 1 heterocycles. The second kappa shape index (κ2) is 7.47. The minimum atomic E-state index is -1.03. The molecule has 0 bridgehead atoms. The van der Waals surface area contributed by atoms with E-state index in [4.69, 9.17) is 0 Å². The highest BCUT2D eigenvalue weighted by Gasteiger charge is 2.34. The van der Waals surface area contributed by atoms with Crippen LogP contribution in [-0.2, 0) is 11.4 Å². The molecule has 0 fully saturated rings. The lowest BCUT2D eigenvalue weighted by molar-refractivity contribution is 0.382. The molecular weight excluding hydrogens is 282 g/mol. The highest BCUT2D eigenvalue weighted by Crippen LogP contribution is 2.28. The standard InChI is InChI=1S/C16H29N3OS/c1-8-19(9-2)15-11-10-14(12-17-15)13(3)18(7)21(20)16(4,5)6/h10-13H,8-9H2,1-7H3. The molecule has 1 aromatic heterocycles. The van der Waals surface area contributed by atoms with Crippen LogP contribution in [0.2, 0.25) is 0 Å². The Morgan fingerprint density at radius 1 is 1.24 bits per heavy atom. The molecule has 0 radical (unpaired) electrons. The van der Waals surface area contributed by atoms with Gasteiger partial charge in [-0.2, -0.15) is 0 Å². The topological polar surface area (TPSA) is 42.4 Å². The predicted octanol–water partition coefficient (Wildman–Crippen LogP) is 3.38. The zero-order valence-corrected chi connectivity index (χ0v) is 15.2. The van der Waals surface area contributed by atoms with Crippen LogP contribution in [0.1, 0.15) is 53.1 Å². The van der Waals surface area contributed by atoms with Gasteiger partial charge in [0, 0.05) is 37.7 Å². The highest BCUT2D eigenvalue weighted by atomic mass is 32.2. The van der Waals surface area contributed by atoms with Gasteiger partial charge in [-0.15, -0.1) is 4.31 Å². The molecule has 0 spiro atoms. The van der Waals surface area contributed by atoms with Crippen LogP contribution >= 0.6 is 0 Å². The molecule has 120 valence electrons. The van der Waals surface area contributed by atoms with E-state index in [9.17, 15) is 4.55 Å². The number of nitrogens with zero attached hydrogens (tertiary/aromatic N) is 3. The third-order valence-electron chi connectivity index (χ3n) is 3.67. The van der Waals surface area contributed by atoms with Crippen LogP contribution in [0.25, 0.3) is 0 Å². The number of anilines is 1. The first kappa shape index (κ1) is 18.3. The summed E-state index contributed by atoms with van der Waals surface area (Å²) in [5.41, 5.74) is 1.09. The van der Waals surface area contributed by atoms with Crippen molar-refractivity contribution in [1.82, 2.24) is 9.29 Å². The summed E-state index contributed by atoms with van der Waals surface area (Å²) in [4.78, 5) is 6.76. The Balaban J connectivity index is 2.86. The van der Waals surface area contributed by atoms with Crippen molar-refractivity contribution in [3.05, 3.63) is 23.9 Å². The fraction of sp³-hybridized carbons (Fsp3) is 0.688. The van der Waals surface area contributed by atoms with Crippen molar-refractivity contribution in [2.45, 2.75) is 52.3 Å². The van der Waals surface area contributed by atoms with Gasteiger partial charge in [0.15, 0.2) is 0 Å². The fourth-order valence-corrected chi connectivity index (χ4v) is 3.44. The van der Waals surface area contributed by atoms with Crippen molar-refractivity contribution in [1.29, 1.82) is 0 Å². The molecule has 2 atom stereocenters. The Morgan fingerprint density at radius 2 is 1.81 bits per heavy atom. The molecule has 21 heavy (non-hydrogen) atoms. The molecule has 0 aliphatic rings. The summed E-state index contributed by atoms with van der Waals surface area (Å²) in [5, 5.41) is 0. The first-order chi connectivity index (χ1) is 9.72. The van der Waals surface area contributed by atoms with E-state index in [1.807, 2.05) is 44.4 Å². The summed E-state index contributed by atoms with van der Waals surface area (Å²) in [6.45, 7) is 14.2. The van der Waals surface area contributed by atoms with Gasteiger partial charge in [0.25, 0.3) is 0 Å². The van der Waals surface area contributed by atoms with Gasteiger partial charge in [0.2, 0.25) is 0 Å². The van der Waals surface area contributed by atoms with E-state index in [0.717, 1.165) is 24.5 Å². The summed E-state index contributed by atoms with van der Waals surface area (Å²) < 4.78 is 14.1. The Labute approximate surface area is 132 Å². The van der Waals surface area contributed by atoms with Crippen LogP contribution in [0.15, 0.2) is 18.3 Å².